The van der Waals surface area contributed by atoms with Crippen LogP contribution in [0.5, 0.6) is 5.75 Å². The van der Waals surface area contributed by atoms with Crippen molar-refractivity contribution in [2.24, 2.45) is 5.73 Å². The predicted octanol–water partition coefficient (Wildman–Crippen LogP) is 1.48. The Bertz CT molecular complexity index is 609. The predicted molar refractivity (Wildman–Crippen MR) is 69.3 cm³/mol. The standard InChI is InChI=1S/C13H14N2O5/c1-18-7-19-11-3-2-8(4-9(11)6-14)10-5-12(13(16)17)20-15-10/h2-5H,6-7,14H2,1H3,(H,16,17). The lowest BCUT2D eigenvalue weighted by Gasteiger charge is -2.10. The number of carboxylic acids is 1. The van der Waals surface area contributed by atoms with E-state index < -0.39 is 5.97 Å². The average Bonchev–Trinajstić information content (AvgIpc) is 2.95. The number of aromatic nitrogens is 1. The first-order valence-electron chi connectivity index (χ1n) is 5.80. The minimum atomic E-state index is -1.16. The number of carboxylic acid groups (broad SMARTS) is 1. The van der Waals surface area contributed by atoms with Crippen LogP contribution in [0, 0.1) is 0 Å². The summed E-state index contributed by atoms with van der Waals surface area (Å²) < 4.78 is 14.9. The first-order valence-corrected chi connectivity index (χ1v) is 5.80. The van der Waals surface area contributed by atoms with Crippen LogP contribution in [0.15, 0.2) is 28.8 Å². The molecule has 0 saturated heterocycles. The minimum Gasteiger partial charge on any atom is -0.475 e. The quantitative estimate of drug-likeness (QED) is 0.770. The molecule has 2 rings (SSSR count). The van der Waals surface area contributed by atoms with Gasteiger partial charge in [0.05, 0.1) is 0 Å². The van der Waals surface area contributed by atoms with E-state index in [0.29, 0.717) is 17.0 Å². The Hall–Kier alpha value is -2.38. The summed E-state index contributed by atoms with van der Waals surface area (Å²) in [4.78, 5) is 10.8. The zero-order chi connectivity index (χ0) is 14.5. The smallest absolute Gasteiger partial charge is 0.374 e. The third-order valence-corrected chi connectivity index (χ3v) is 2.63. The van der Waals surface area contributed by atoms with Gasteiger partial charge in [0.2, 0.25) is 5.76 Å². The summed E-state index contributed by atoms with van der Waals surface area (Å²) in [7, 11) is 1.53. The second kappa shape index (κ2) is 6.18. The van der Waals surface area contributed by atoms with E-state index in [-0.39, 0.29) is 19.1 Å². The monoisotopic (exact) mass is 278 g/mol. The van der Waals surface area contributed by atoms with Crippen molar-refractivity contribution in [3.8, 4) is 17.0 Å². The molecule has 0 saturated carbocycles. The molecule has 0 unspecified atom stereocenters. The molecule has 1 aromatic carbocycles. The van der Waals surface area contributed by atoms with Gasteiger partial charge in [-0.2, -0.15) is 0 Å². The van der Waals surface area contributed by atoms with Gasteiger partial charge in [0.25, 0.3) is 0 Å². The van der Waals surface area contributed by atoms with Crippen molar-refractivity contribution in [1.29, 1.82) is 0 Å². The number of benzene rings is 1. The third kappa shape index (κ3) is 2.95. The highest BCUT2D eigenvalue weighted by atomic mass is 16.7. The van der Waals surface area contributed by atoms with Crippen LogP contribution in [0.1, 0.15) is 16.1 Å². The van der Waals surface area contributed by atoms with Gasteiger partial charge in [-0.15, -0.1) is 0 Å². The van der Waals surface area contributed by atoms with Crippen LogP contribution in [0.2, 0.25) is 0 Å². The van der Waals surface area contributed by atoms with Gasteiger partial charge in [-0.1, -0.05) is 5.16 Å². The van der Waals surface area contributed by atoms with Crippen molar-refractivity contribution in [3.63, 3.8) is 0 Å². The molecule has 0 fully saturated rings. The van der Waals surface area contributed by atoms with E-state index in [9.17, 15) is 4.79 Å². The van der Waals surface area contributed by atoms with E-state index in [2.05, 4.69) is 5.16 Å². The third-order valence-electron chi connectivity index (χ3n) is 2.63. The molecule has 2 aromatic rings. The van der Waals surface area contributed by atoms with Crippen LogP contribution in [0.3, 0.4) is 0 Å². The summed E-state index contributed by atoms with van der Waals surface area (Å²) in [5.74, 6) is -0.767. The largest absolute Gasteiger partial charge is 0.475 e. The molecule has 0 aliphatic rings. The van der Waals surface area contributed by atoms with Crippen molar-refractivity contribution >= 4 is 5.97 Å². The highest BCUT2D eigenvalue weighted by molar-refractivity contribution is 5.85. The highest BCUT2D eigenvalue weighted by Gasteiger charge is 2.13. The van der Waals surface area contributed by atoms with Crippen molar-refractivity contribution < 1.29 is 23.9 Å². The Morgan fingerprint density at radius 3 is 2.85 bits per heavy atom. The van der Waals surface area contributed by atoms with Gasteiger partial charge in [-0.05, 0) is 18.2 Å². The van der Waals surface area contributed by atoms with Crippen molar-refractivity contribution in [3.05, 3.63) is 35.6 Å². The molecular weight excluding hydrogens is 264 g/mol. The molecule has 1 heterocycles. The maximum absolute atomic E-state index is 10.8. The van der Waals surface area contributed by atoms with E-state index in [1.165, 1.54) is 13.2 Å². The maximum atomic E-state index is 10.8. The fraction of sp³-hybridized carbons (Fsp3) is 0.231. The second-order valence-electron chi connectivity index (χ2n) is 3.96. The Morgan fingerprint density at radius 1 is 1.45 bits per heavy atom. The highest BCUT2D eigenvalue weighted by Crippen LogP contribution is 2.26. The number of carbonyl (C=O) groups is 1. The molecule has 1 aromatic heterocycles. The van der Waals surface area contributed by atoms with Crippen LogP contribution in [-0.4, -0.2) is 30.1 Å². The molecule has 7 heteroatoms. The van der Waals surface area contributed by atoms with E-state index in [0.717, 1.165) is 5.56 Å². The number of rotatable bonds is 6. The number of methoxy groups -OCH3 is 1. The summed E-state index contributed by atoms with van der Waals surface area (Å²) in [6.45, 7) is 0.399. The molecule has 0 aliphatic carbocycles. The van der Waals surface area contributed by atoms with Gasteiger partial charge < -0.3 is 24.8 Å². The lowest BCUT2D eigenvalue weighted by Crippen LogP contribution is -2.05. The zero-order valence-corrected chi connectivity index (χ0v) is 10.8. The minimum absolute atomic E-state index is 0.124. The average molecular weight is 278 g/mol. The van der Waals surface area contributed by atoms with Gasteiger partial charge in [-0.25, -0.2) is 4.79 Å². The molecule has 0 atom stereocenters. The fourth-order valence-electron chi connectivity index (χ4n) is 1.67. The molecule has 0 radical (unpaired) electrons. The summed E-state index contributed by atoms with van der Waals surface area (Å²) in [5.41, 5.74) is 7.55. The summed E-state index contributed by atoms with van der Waals surface area (Å²) >= 11 is 0. The van der Waals surface area contributed by atoms with E-state index in [1.807, 2.05) is 0 Å². The maximum Gasteiger partial charge on any atom is 0.374 e. The number of nitrogens with zero attached hydrogens (tertiary/aromatic N) is 1. The van der Waals surface area contributed by atoms with Crippen LogP contribution < -0.4 is 10.5 Å². The number of nitrogens with two attached hydrogens (primary N) is 1. The Labute approximate surface area is 114 Å². The van der Waals surface area contributed by atoms with E-state index in [4.69, 9.17) is 24.8 Å². The van der Waals surface area contributed by atoms with Crippen LogP contribution >= 0.6 is 0 Å². The van der Waals surface area contributed by atoms with E-state index >= 15 is 0 Å². The van der Waals surface area contributed by atoms with Crippen LogP contribution in [0.4, 0.5) is 0 Å². The first kappa shape index (κ1) is 14.0. The lowest BCUT2D eigenvalue weighted by molar-refractivity contribution is 0.0504. The lowest BCUT2D eigenvalue weighted by atomic mass is 10.1. The molecule has 106 valence electrons. The fourth-order valence-corrected chi connectivity index (χ4v) is 1.67. The Kier molecular flexibility index (Phi) is 4.34. The number of hydrogen-bond donors (Lipinski definition) is 2. The van der Waals surface area contributed by atoms with Crippen LogP contribution in [-0.2, 0) is 11.3 Å². The van der Waals surface area contributed by atoms with Gasteiger partial charge >= 0.3 is 5.97 Å². The second-order valence-corrected chi connectivity index (χ2v) is 3.96. The molecule has 0 spiro atoms. The number of hydrogen-bond acceptors (Lipinski definition) is 6. The summed E-state index contributed by atoms with van der Waals surface area (Å²) in [5, 5.41) is 12.5. The van der Waals surface area contributed by atoms with Gasteiger partial charge in [0.1, 0.15) is 11.4 Å². The van der Waals surface area contributed by atoms with Crippen molar-refractivity contribution in [2.45, 2.75) is 6.54 Å². The molecule has 7 nitrogen and oxygen atoms in total. The summed E-state index contributed by atoms with van der Waals surface area (Å²) in [6.07, 6.45) is 0. The molecule has 0 bridgehead atoms. The van der Waals surface area contributed by atoms with Gasteiger partial charge in [0.15, 0.2) is 6.79 Å². The zero-order valence-electron chi connectivity index (χ0n) is 10.8. The molecule has 3 N–H and O–H groups in total. The van der Waals surface area contributed by atoms with Crippen molar-refractivity contribution in [2.75, 3.05) is 13.9 Å². The van der Waals surface area contributed by atoms with Crippen molar-refractivity contribution in [1.82, 2.24) is 5.16 Å². The van der Waals surface area contributed by atoms with E-state index in [1.54, 1.807) is 18.2 Å². The SMILES string of the molecule is COCOc1ccc(-c2cc(C(=O)O)on2)cc1CN. The van der Waals surface area contributed by atoms with Gasteiger partial charge in [-0.3, -0.25) is 0 Å². The number of aromatic carboxylic acids is 1. The molecule has 20 heavy (non-hydrogen) atoms. The topological polar surface area (TPSA) is 108 Å². The molecular formula is C13H14N2O5. The van der Waals surface area contributed by atoms with Crippen LogP contribution in [0.25, 0.3) is 11.3 Å². The molecule has 0 amide bonds. The molecule has 0 aliphatic heterocycles. The Balaban J connectivity index is 2.30. The normalized spacial score (nSPS) is 10.5. The van der Waals surface area contributed by atoms with Gasteiger partial charge in [0, 0.05) is 30.8 Å². The number of ether oxygens (including phenoxy) is 2. The first-order chi connectivity index (χ1) is 9.65. The summed E-state index contributed by atoms with van der Waals surface area (Å²) in [6, 6.07) is 6.60. The Morgan fingerprint density at radius 2 is 2.25 bits per heavy atom.